The number of anilines is 1. The van der Waals surface area contributed by atoms with Gasteiger partial charge in [0, 0.05) is 25.3 Å². The minimum atomic E-state index is -1.30. The number of aromatic amines is 1. The van der Waals surface area contributed by atoms with E-state index < -0.39 is 23.5 Å². The second-order valence-corrected chi connectivity index (χ2v) is 6.97. The number of benzene rings is 1. The van der Waals surface area contributed by atoms with Crippen molar-refractivity contribution < 1.29 is 19.0 Å². The molecule has 11 heteroatoms. The Kier molecular flexibility index (Phi) is 3.98. The van der Waals surface area contributed by atoms with Crippen molar-refractivity contribution in [1.29, 1.82) is 0 Å². The number of carboxylic acid groups (broad SMARTS) is 1. The van der Waals surface area contributed by atoms with Gasteiger partial charge in [0.25, 0.3) is 0 Å². The van der Waals surface area contributed by atoms with E-state index in [1.807, 2.05) is 0 Å². The van der Waals surface area contributed by atoms with Gasteiger partial charge >= 0.3 is 11.7 Å². The number of carbonyl (C=O) groups is 1. The first-order valence-corrected chi connectivity index (χ1v) is 9.15. The quantitative estimate of drug-likeness (QED) is 0.598. The third kappa shape index (κ3) is 2.81. The van der Waals surface area contributed by atoms with Crippen LogP contribution >= 0.6 is 0 Å². The van der Waals surface area contributed by atoms with Crippen molar-refractivity contribution in [3.63, 3.8) is 0 Å². The Morgan fingerprint density at radius 2 is 2.10 bits per heavy atom. The fraction of sp³-hybridized carbons (Fsp3) is 0.333. The maximum Gasteiger partial charge on any atom is 0.334 e. The Morgan fingerprint density at radius 1 is 1.31 bits per heavy atom. The molecule has 0 radical (unpaired) electrons. The number of rotatable bonds is 2. The van der Waals surface area contributed by atoms with Gasteiger partial charge in [-0.15, -0.1) is 0 Å². The lowest BCUT2D eigenvalue weighted by Crippen LogP contribution is -2.33. The number of H-pyrrole nitrogens is 1. The molecular formula is C18H17FN6O4. The van der Waals surface area contributed by atoms with E-state index in [1.54, 1.807) is 0 Å². The molecule has 1 aromatic carbocycles. The second-order valence-electron chi connectivity index (χ2n) is 6.97. The van der Waals surface area contributed by atoms with E-state index in [0.717, 1.165) is 0 Å². The minimum absolute atomic E-state index is 0.130. The van der Waals surface area contributed by atoms with Crippen LogP contribution in [0.3, 0.4) is 0 Å². The summed E-state index contributed by atoms with van der Waals surface area (Å²) < 4.78 is 22.1. The molecule has 1 atom stereocenters. The summed E-state index contributed by atoms with van der Waals surface area (Å²) in [5, 5.41) is 12.8. The molecule has 3 N–H and O–H groups in total. The Hall–Kier alpha value is -3.47. The van der Waals surface area contributed by atoms with Crippen LogP contribution in [0.15, 0.2) is 34.3 Å². The van der Waals surface area contributed by atoms with Gasteiger partial charge in [-0.3, -0.25) is 9.13 Å². The summed E-state index contributed by atoms with van der Waals surface area (Å²) in [7, 11) is 0. The number of halogens is 1. The molecule has 1 saturated heterocycles. The number of nitrogens with one attached hydrogen (secondary N) is 2. The molecule has 1 unspecified atom stereocenters. The van der Waals surface area contributed by atoms with E-state index in [4.69, 9.17) is 4.74 Å². The van der Waals surface area contributed by atoms with Crippen molar-refractivity contribution in [3.05, 3.63) is 46.5 Å². The average Bonchev–Trinajstić information content (AvgIpc) is 3.27. The number of imidazole rings is 2. The molecule has 4 heterocycles. The molecule has 5 rings (SSSR count). The third-order valence-corrected chi connectivity index (χ3v) is 5.24. The molecule has 29 heavy (non-hydrogen) atoms. The largest absolute Gasteiger partial charge is 0.479 e. The van der Waals surface area contributed by atoms with Gasteiger partial charge < -0.3 is 20.1 Å². The van der Waals surface area contributed by atoms with E-state index in [0.29, 0.717) is 42.9 Å². The number of nitrogens with zero attached hydrogens (tertiary/aromatic N) is 4. The van der Waals surface area contributed by atoms with Gasteiger partial charge in [-0.05, 0) is 25.0 Å². The highest BCUT2D eigenvalue weighted by Gasteiger charge is 2.35. The number of carboxylic acids is 1. The second kappa shape index (κ2) is 6.55. The number of aromatic nitrogens is 4. The summed E-state index contributed by atoms with van der Waals surface area (Å²) in [6, 6.07) is 2.68. The summed E-state index contributed by atoms with van der Waals surface area (Å²) in [6.45, 7) is 1.04. The summed E-state index contributed by atoms with van der Waals surface area (Å²) in [5.74, 6) is -1.16. The molecule has 0 bridgehead atoms. The van der Waals surface area contributed by atoms with Gasteiger partial charge in [0.05, 0.1) is 16.7 Å². The molecule has 150 valence electrons. The molecule has 0 spiro atoms. The number of fused-ring (bicyclic) bond motifs is 2. The molecule has 10 nitrogen and oxygen atoms in total. The van der Waals surface area contributed by atoms with Crippen molar-refractivity contribution in [2.75, 3.05) is 18.5 Å². The highest BCUT2D eigenvalue weighted by Crippen LogP contribution is 2.33. The van der Waals surface area contributed by atoms with Gasteiger partial charge in [0.1, 0.15) is 18.0 Å². The van der Waals surface area contributed by atoms with Crippen LogP contribution in [-0.4, -0.2) is 49.4 Å². The van der Waals surface area contributed by atoms with E-state index >= 15 is 0 Å². The number of aliphatic imine (C=N–C) groups is 1. The smallest absolute Gasteiger partial charge is 0.334 e. The fourth-order valence-corrected chi connectivity index (χ4v) is 3.86. The summed E-state index contributed by atoms with van der Waals surface area (Å²) in [5.41, 5.74) is 0.746. The summed E-state index contributed by atoms with van der Waals surface area (Å²) in [4.78, 5) is 35.6. The van der Waals surface area contributed by atoms with Crippen LogP contribution in [0.1, 0.15) is 30.6 Å². The van der Waals surface area contributed by atoms with E-state index in [-0.39, 0.29) is 17.7 Å². The predicted octanol–water partition coefficient (Wildman–Crippen LogP) is 1.47. The summed E-state index contributed by atoms with van der Waals surface area (Å²) >= 11 is 0. The van der Waals surface area contributed by atoms with Gasteiger partial charge in [-0.25, -0.2) is 24.0 Å². The first-order chi connectivity index (χ1) is 14.0. The fourth-order valence-electron chi connectivity index (χ4n) is 3.86. The highest BCUT2D eigenvalue weighted by molar-refractivity contribution is 6.03. The van der Waals surface area contributed by atoms with Crippen LogP contribution < -0.4 is 11.0 Å². The first-order valence-electron chi connectivity index (χ1n) is 9.15. The van der Waals surface area contributed by atoms with Gasteiger partial charge in [0.2, 0.25) is 5.96 Å². The predicted molar refractivity (Wildman–Crippen MR) is 101 cm³/mol. The van der Waals surface area contributed by atoms with Crippen molar-refractivity contribution in [3.8, 4) is 0 Å². The average molecular weight is 400 g/mol. The van der Waals surface area contributed by atoms with Crippen molar-refractivity contribution in [2.24, 2.45) is 4.99 Å². The third-order valence-electron chi connectivity index (χ3n) is 5.24. The molecule has 3 aromatic rings. The van der Waals surface area contributed by atoms with Crippen LogP contribution in [0.2, 0.25) is 0 Å². The standard InChI is InChI=1S/C18H17FN6O4/c19-9-1-2-11-12(7-9)24(8-20-11)17-21-14(16(26)27)13-15(23-17)25(18(28)22-13)10-3-5-29-6-4-10/h1-2,7-8,10,14H,3-6H2,(H,21,23)(H,22,28)(H,26,27). The van der Waals surface area contributed by atoms with Crippen LogP contribution in [0, 0.1) is 5.82 Å². The highest BCUT2D eigenvalue weighted by atomic mass is 19.1. The van der Waals surface area contributed by atoms with Crippen LogP contribution in [0.5, 0.6) is 0 Å². The zero-order valence-electron chi connectivity index (χ0n) is 15.1. The van der Waals surface area contributed by atoms with Crippen molar-refractivity contribution in [1.82, 2.24) is 19.1 Å². The van der Waals surface area contributed by atoms with Crippen LogP contribution in [0.4, 0.5) is 10.2 Å². The maximum absolute atomic E-state index is 13.8. The zero-order valence-corrected chi connectivity index (χ0v) is 15.1. The van der Waals surface area contributed by atoms with E-state index in [9.17, 15) is 19.1 Å². The van der Waals surface area contributed by atoms with E-state index in [2.05, 4.69) is 20.3 Å². The number of aliphatic carboxylic acids is 1. The molecule has 0 saturated carbocycles. The first kappa shape index (κ1) is 17.6. The Labute approximate surface area is 162 Å². The van der Waals surface area contributed by atoms with Crippen molar-refractivity contribution in [2.45, 2.75) is 24.9 Å². The number of hydrogen-bond donors (Lipinski definition) is 3. The minimum Gasteiger partial charge on any atom is -0.479 e. The molecule has 2 aliphatic rings. The molecular weight excluding hydrogens is 383 g/mol. The van der Waals surface area contributed by atoms with E-state index in [1.165, 1.54) is 33.7 Å². The number of ether oxygens (including phenoxy) is 1. The molecule has 1 fully saturated rings. The lowest BCUT2D eigenvalue weighted by atomic mass is 10.1. The molecule has 0 aliphatic carbocycles. The van der Waals surface area contributed by atoms with Crippen LogP contribution in [0.25, 0.3) is 11.0 Å². The Bertz CT molecular complexity index is 1200. The lowest BCUT2D eigenvalue weighted by molar-refractivity contribution is -0.138. The molecule has 0 amide bonds. The van der Waals surface area contributed by atoms with Crippen molar-refractivity contribution >= 4 is 28.8 Å². The van der Waals surface area contributed by atoms with Gasteiger partial charge in [-0.1, -0.05) is 0 Å². The van der Waals surface area contributed by atoms with Crippen LogP contribution in [-0.2, 0) is 9.53 Å². The Balaban J connectivity index is 1.65. The summed E-state index contributed by atoms with van der Waals surface area (Å²) in [6.07, 6.45) is 2.70. The Morgan fingerprint density at radius 3 is 2.86 bits per heavy atom. The SMILES string of the molecule is O=C(O)C1N=C(n2cnc3ccc(F)cc32)Nc2c1[nH]c(=O)n2C1CCOCC1. The molecule has 2 aromatic heterocycles. The zero-order chi connectivity index (χ0) is 20.1. The lowest BCUT2D eigenvalue weighted by Gasteiger charge is -2.27. The number of hydrogen-bond acceptors (Lipinski definition) is 6. The maximum atomic E-state index is 13.8. The van der Waals surface area contributed by atoms with Gasteiger partial charge in [0.15, 0.2) is 6.04 Å². The van der Waals surface area contributed by atoms with Gasteiger partial charge in [-0.2, -0.15) is 0 Å². The topological polar surface area (TPSA) is 127 Å². The normalized spacial score (nSPS) is 19.6. The monoisotopic (exact) mass is 400 g/mol. The molecule has 2 aliphatic heterocycles.